The van der Waals surface area contributed by atoms with E-state index in [1.165, 1.54) is 7.11 Å². The van der Waals surface area contributed by atoms with Gasteiger partial charge in [-0.15, -0.1) is 0 Å². The number of benzene rings is 1. The monoisotopic (exact) mass is 415 g/mol. The second-order valence-electron chi connectivity index (χ2n) is 6.60. The molecule has 1 aromatic carbocycles. The molecular weight excluding hydrogens is 389 g/mol. The van der Waals surface area contributed by atoms with E-state index in [1.54, 1.807) is 37.4 Å². The number of aryl methyl sites for hydroxylation is 1. The van der Waals surface area contributed by atoms with Crippen molar-refractivity contribution in [2.24, 2.45) is 0 Å². The Balaban J connectivity index is 1.96. The summed E-state index contributed by atoms with van der Waals surface area (Å²) in [7, 11) is -0.402. The molecule has 0 fully saturated rings. The summed E-state index contributed by atoms with van der Waals surface area (Å²) in [6, 6.07) is 11.2. The molecule has 0 aliphatic rings. The molecule has 0 saturated heterocycles. The van der Waals surface area contributed by atoms with Gasteiger partial charge in [0.05, 0.1) is 24.7 Å². The Morgan fingerprint density at radius 3 is 2.50 bits per heavy atom. The number of para-hydroxylation sites is 1. The molecule has 2 aromatic rings. The highest BCUT2D eigenvalue weighted by atomic mass is 16.5. The SMILES string of the molecule is COC[C@@H](NC(=O)c1cccnc1C)C(=O)N[C@@H](CCOc1ccccc1)B(O)O. The van der Waals surface area contributed by atoms with Gasteiger partial charge in [-0.25, -0.2) is 0 Å². The lowest BCUT2D eigenvalue weighted by Crippen LogP contribution is -2.55. The number of nitrogens with zero attached hydrogens (tertiary/aromatic N) is 1. The highest BCUT2D eigenvalue weighted by Gasteiger charge is 2.29. The number of hydrogen-bond donors (Lipinski definition) is 4. The summed E-state index contributed by atoms with van der Waals surface area (Å²) in [6.45, 7) is 1.75. The van der Waals surface area contributed by atoms with Crippen molar-refractivity contribution in [3.05, 3.63) is 59.9 Å². The molecule has 160 valence electrons. The second kappa shape index (κ2) is 11.9. The van der Waals surface area contributed by atoms with Gasteiger partial charge in [0.2, 0.25) is 5.91 Å². The molecule has 0 radical (unpaired) electrons. The van der Waals surface area contributed by atoms with E-state index in [9.17, 15) is 19.6 Å². The maximum absolute atomic E-state index is 12.6. The van der Waals surface area contributed by atoms with E-state index in [0.717, 1.165) is 0 Å². The Morgan fingerprint density at radius 1 is 1.13 bits per heavy atom. The standard InChI is InChI=1S/C20H26BN3O6/c1-14-16(9-6-11-22-14)19(25)23-17(13-29-2)20(26)24-18(21(27)28)10-12-30-15-7-4-3-5-8-15/h3-9,11,17-18,27-28H,10,12-13H2,1-2H3,(H,23,25)(H,24,26)/t17-,18+/m1/s1. The van der Waals surface area contributed by atoms with Crippen LogP contribution in [0.1, 0.15) is 22.5 Å². The average molecular weight is 415 g/mol. The quantitative estimate of drug-likeness (QED) is 0.383. The maximum Gasteiger partial charge on any atom is 0.475 e. The van der Waals surface area contributed by atoms with E-state index in [1.807, 2.05) is 18.2 Å². The zero-order valence-electron chi connectivity index (χ0n) is 16.9. The summed E-state index contributed by atoms with van der Waals surface area (Å²) < 4.78 is 10.6. The van der Waals surface area contributed by atoms with Crippen molar-refractivity contribution in [3.63, 3.8) is 0 Å². The van der Waals surface area contributed by atoms with Crippen LogP contribution in [0.2, 0.25) is 0 Å². The summed E-state index contributed by atoms with van der Waals surface area (Å²) >= 11 is 0. The average Bonchev–Trinajstić information content (AvgIpc) is 2.73. The number of ether oxygens (including phenoxy) is 2. The van der Waals surface area contributed by atoms with E-state index in [2.05, 4.69) is 15.6 Å². The first-order valence-corrected chi connectivity index (χ1v) is 9.48. The molecule has 0 aliphatic heterocycles. The summed E-state index contributed by atoms with van der Waals surface area (Å²) in [6.07, 6.45) is 1.71. The Labute approximate surface area is 175 Å². The fourth-order valence-corrected chi connectivity index (χ4v) is 2.71. The van der Waals surface area contributed by atoms with Crippen LogP contribution in [0, 0.1) is 6.92 Å². The third kappa shape index (κ3) is 7.14. The van der Waals surface area contributed by atoms with Crippen LogP contribution in [-0.2, 0) is 9.53 Å². The Kier molecular flexibility index (Phi) is 9.27. The molecule has 0 saturated carbocycles. The third-order valence-electron chi connectivity index (χ3n) is 4.34. The van der Waals surface area contributed by atoms with Gasteiger partial charge in [-0.2, -0.15) is 0 Å². The lowest BCUT2D eigenvalue weighted by Gasteiger charge is -2.23. The zero-order valence-corrected chi connectivity index (χ0v) is 16.9. The number of hydrogen-bond acceptors (Lipinski definition) is 7. The van der Waals surface area contributed by atoms with Crippen molar-refractivity contribution in [3.8, 4) is 5.75 Å². The van der Waals surface area contributed by atoms with E-state index >= 15 is 0 Å². The summed E-state index contributed by atoms with van der Waals surface area (Å²) in [4.78, 5) is 29.2. The molecule has 0 spiro atoms. The van der Waals surface area contributed by atoms with Crippen molar-refractivity contribution < 1.29 is 29.1 Å². The lowest BCUT2D eigenvalue weighted by molar-refractivity contribution is -0.124. The minimum Gasteiger partial charge on any atom is -0.494 e. The molecule has 1 aromatic heterocycles. The Bertz CT molecular complexity index is 821. The van der Waals surface area contributed by atoms with Crippen LogP contribution in [0.5, 0.6) is 5.75 Å². The number of rotatable bonds is 11. The Hall–Kier alpha value is -2.95. The van der Waals surface area contributed by atoms with Crippen LogP contribution in [0.3, 0.4) is 0 Å². The van der Waals surface area contributed by atoms with E-state index in [0.29, 0.717) is 17.0 Å². The van der Waals surface area contributed by atoms with Crippen LogP contribution < -0.4 is 15.4 Å². The summed E-state index contributed by atoms with van der Waals surface area (Å²) in [5.41, 5.74) is 0.856. The molecule has 2 atom stereocenters. The third-order valence-corrected chi connectivity index (χ3v) is 4.34. The minimum absolute atomic E-state index is 0.0916. The molecule has 1 heterocycles. The molecule has 2 rings (SSSR count). The van der Waals surface area contributed by atoms with Gasteiger partial charge in [-0.1, -0.05) is 18.2 Å². The maximum atomic E-state index is 12.6. The summed E-state index contributed by atoms with van der Waals surface area (Å²) in [5.74, 6) is -1.44. The molecular formula is C20H26BN3O6. The first-order valence-electron chi connectivity index (χ1n) is 9.48. The van der Waals surface area contributed by atoms with Gasteiger partial charge in [-0.05, 0) is 31.2 Å². The molecule has 0 bridgehead atoms. The van der Waals surface area contributed by atoms with E-state index < -0.39 is 30.9 Å². The fraction of sp³-hybridized carbons (Fsp3) is 0.350. The van der Waals surface area contributed by atoms with Crippen molar-refractivity contribution in [2.45, 2.75) is 25.3 Å². The van der Waals surface area contributed by atoms with Crippen molar-refractivity contribution in [1.82, 2.24) is 15.6 Å². The Morgan fingerprint density at radius 2 is 1.87 bits per heavy atom. The van der Waals surface area contributed by atoms with Gasteiger partial charge in [0.15, 0.2) is 0 Å². The number of nitrogens with one attached hydrogen (secondary N) is 2. The smallest absolute Gasteiger partial charge is 0.475 e. The molecule has 9 nitrogen and oxygen atoms in total. The number of carbonyl (C=O) groups excluding carboxylic acids is 2. The van der Waals surface area contributed by atoms with E-state index in [-0.39, 0.29) is 19.6 Å². The molecule has 0 aliphatic carbocycles. The molecule has 2 amide bonds. The number of aromatic nitrogens is 1. The predicted octanol–water partition coefficient (Wildman–Crippen LogP) is 0.101. The van der Waals surface area contributed by atoms with E-state index in [4.69, 9.17) is 9.47 Å². The normalized spacial score (nSPS) is 12.5. The second-order valence-corrected chi connectivity index (χ2v) is 6.60. The highest BCUT2D eigenvalue weighted by Crippen LogP contribution is 2.09. The number of amides is 2. The lowest BCUT2D eigenvalue weighted by atomic mass is 9.77. The first-order chi connectivity index (χ1) is 14.4. The highest BCUT2D eigenvalue weighted by molar-refractivity contribution is 6.43. The van der Waals surface area contributed by atoms with Crippen molar-refractivity contribution in [2.75, 3.05) is 20.3 Å². The van der Waals surface area contributed by atoms with Gasteiger partial charge >= 0.3 is 7.12 Å². The molecule has 10 heteroatoms. The van der Waals surface area contributed by atoms with Gasteiger partial charge < -0.3 is 30.2 Å². The van der Waals surface area contributed by atoms with Crippen LogP contribution in [-0.4, -0.2) is 66.3 Å². The molecule has 0 unspecified atom stereocenters. The minimum atomic E-state index is -1.80. The van der Waals surface area contributed by atoms with Crippen LogP contribution in [0.15, 0.2) is 48.7 Å². The largest absolute Gasteiger partial charge is 0.494 e. The van der Waals surface area contributed by atoms with Crippen molar-refractivity contribution in [1.29, 1.82) is 0 Å². The molecule has 4 N–H and O–H groups in total. The van der Waals surface area contributed by atoms with Gasteiger partial charge in [0.25, 0.3) is 5.91 Å². The first kappa shape index (κ1) is 23.3. The number of pyridine rings is 1. The summed E-state index contributed by atoms with van der Waals surface area (Å²) in [5, 5.41) is 24.4. The molecule has 30 heavy (non-hydrogen) atoms. The van der Waals surface area contributed by atoms with Gasteiger partial charge in [0.1, 0.15) is 11.8 Å². The topological polar surface area (TPSA) is 130 Å². The fourth-order valence-electron chi connectivity index (χ4n) is 2.71. The van der Waals surface area contributed by atoms with Crippen LogP contribution >= 0.6 is 0 Å². The van der Waals surface area contributed by atoms with Crippen LogP contribution in [0.4, 0.5) is 0 Å². The van der Waals surface area contributed by atoms with Crippen molar-refractivity contribution >= 4 is 18.9 Å². The van der Waals surface area contributed by atoms with Gasteiger partial charge in [-0.3, -0.25) is 14.6 Å². The van der Waals surface area contributed by atoms with Crippen LogP contribution in [0.25, 0.3) is 0 Å². The zero-order chi connectivity index (χ0) is 21.9. The number of carbonyl (C=O) groups is 2. The predicted molar refractivity (Wildman–Crippen MR) is 111 cm³/mol. The number of methoxy groups -OCH3 is 1. The van der Waals surface area contributed by atoms with Gasteiger partial charge in [0, 0.05) is 25.4 Å².